The summed E-state index contributed by atoms with van der Waals surface area (Å²) in [5.74, 6) is 1.67. The molecule has 0 saturated carbocycles. The van der Waals surface area contributed by atoms with E-state index in [1.54, 1.807) is 30.1 Å². The maximum atomic E-state index is 9.18. The molecule has 1 N–H and O–H groups in total. The van der Waals surface area contributed by atoms with E-state index in [1.807, 2.05) is 25.2 Å². The Kier molecular flexibility index (Phi) is 7.97. The van der Waals surface area contributed by atoms with Gasteiger partial charge in [0.15, 0.2) is 0 Å². The van der Waals surface area contributed by atoms with E-state index in [9.17, 15) is 5.26 Å². The molecule has 0 amide bonds. The lowest BCUT2D eigenvalue weighted by Crippen LogP contribution is -2.40. The fourth-order valence-electron chi connectivity index (χ4n) is 3.49. The van der Waals surface area contributed by atoms with Gasteiger partial charge >= 0.3 is 0 Å². The van der Waals surface area contributed by atoms with Crippen molar-refractivity contribution in [2.24, 2.45) is 4.99 Å². The van der Waals surface area contributed by atoms with Crippen molar-refractivity contribution in [1.29, 1.82) is 5.26 Å². The van der Waals surface area contributed by atoms with Crippen molar-refractivity contribution >= 4 is 40.7 Å². The smallest absolute Gasteiger partial charge is 0.219 e. The largest absolute Gasteiger partial charge is 0.489 e. The fraction of sp³-hybridized carbons (Fsp3) is 0.409. The van der Waals surface area contributed by atoms with Gasteiger partial charge in [0.25, 0.3) is 0 Å². The van der Waals surface area contributed by atoms with Crippen molar-refractivity contribution in [3.63, 3.8) is 0 Å². The molecule has 0 bridgehead atoms. The van der Waals surface area contributed by atoms with E-state index in [1.165, 1.54) is 0 Å². The molecule has 1 saturated heterocycles. The van der Waals surface area contributed by atoms with Crippen molar-refractivity contribution in [3.8, 4) is 11.9 Å². The molecule has 9 heteroatoms. The Hall–Kier alpha value is -2.53. The fourth-order valence-corrected chi connectivity index (χ4v) is 3.79. The highest BCUT2D eigenvalue weighted by Crippen LogP contribution is 2.27. The van der Waals surface area contributed by atoms with Gasteiger partial charge in [0.2, 0.25) is 12.2 Å². The third-order valence-corrected chi connectivity index (χ3v) is 5.86. The van der Waals surface area contributed by atoms with Gasteiger partial charge in [-0.15, -0.1) is 4.99 Å². The summed E-state index contributed by atoms with van der Waals surface area (Å²) in [7, 11) is 1.78. The number of pyridine rings is 1. The highest BCUT2D eigenvalue weighted by Gasteiger charge is 2.21. The Morgan fingerprint density at radius 3 is 2.87 bits per heavy atom. The van der Waals surface area contributed by atoms with Gasteiger partial charge in [-0.2, -0.15) is 5.26 Å². The summed E-state index contributed by atoms with van der Waals surface area (Å²) in [5.41, 5.74) is 1.47. The summed E-state index contributed by atoms with van der Waals surface area (Å²) < 4.78 is 6.28. The van der Waals surface area contributed by atoms with Crippen molar-refractivity contribution in [2.75, 3.05) is 36.9 Å². The number of nitrogens with zero attached hydrogens (tertiary/aromatic N) is 5. The second kappa shape index (κ2) is 10.7. The molecule has 1 aliphatic heterocycles. The SMILES string of the molecule is CCN1CCCC(Oc2cc(C)nc(N(C)/C(=N\C#N)Nc3ccc(Cl)c(Cl)c3)c2)C1. The number of nitriles is 1. The molecule has 1 atom stereocenters. The molecule has 1 fully saturated rings. The zero-order valence-electron chi connectivity index (χ0n) is 17.9. The van der Waals surface area contributed by atoms with E-state index < -0.39 is 0 Å². The number of halogens is 2. The molecule has 2 heterocycles. The van der Waals surface area contributed by atoms with E-state index in [0.717, 1.165) is 43.9 Å². The lowest BCUT2D eigenvalue weighted by atomic mass is 10.1. The van der Waals surface area contributed by atoms with Crippen LogP contribution in [0.1, 0.15) is 25.5 Å². The van der Waals surface area contributed by atoms with Gasteiger partial charge in [-0.3, -0.25) is 9.80 Å². The third kappa shape index (κ3) is 6.23. The van der Waals surface area contributed by atoms with Crippen LogP contribution in [0.25, 0.3) is 0 Å². The summed E-state index contributed by atoms with van der Waals surface area (Å²) in [4.78, 5) is 12.6. The lowest BCUT2D eigenvalue weighted by molar-refractivity contribution is 0.0919. The van der Waals surface area contributed by atoms with Crippen LogP contribution >= 0.6 is 23.2 Å². The van der Waals surface area contributed by atoms with Crippen molar-refractivity contribution in [2.45, 2.75) is 32.8 Å². The molecule has 7 nitrogen and oxygen atoms in total. The number of piperidine rings is 1. The molecule has 164 valence electrons. The second-order valence-corrected chi connectivity index (χ2v) is 8.24. The zero-order valence-corrected chi connectivity index (χ0v) is 19.4. The van der Waals surface area contributed by atoms with Gasteiger partial charge in [-0.1, -0.05) is 30.1 Å². The second-order valence-electron chi connectivity index (χ2n) is 7.43. The number of anilines is 2. The summed E-state index contributed by atoms with van der Waals surface area (Å²) in [6.45, 7) is 7.15. The van der Waals surface area contributed by atoms with Crippen molar-refractivity contribution in [3.05, 3.63) is 46.1 Å². The number of hydrogen-bond donors (Lipinski definition) is 1. The monoisotopic (exact) mass is 460 g/mol. The first-order valence-corrected chi connectivity index (χ1v) is 11.0. The number of likely N-dealkylation sites (N-methyl/N-ethyl adjacent to an activating group) is 1. The molecule has 3 rings (SSSR count). The van der Waals surface area contributed by atoms with Crippen LogP contribution in [0.2, 0.25) is 10.0 Å². The van der Waals surface area contributed by atoms with Crippen LogP contribution in [-0.4, -0.2) is 48.6 Å². The van der Waals surface area contributed by atoms with Gasteiger partial charge in [-0.05, 0) is 51.1 Å². The molecule has 31 heavy (non-hydrogen) atoms. The quantitative estimate of drug-likeness (QED) is 0.386. The van der Waals surface area contributed by atoms with Crippen LogP contribution in [0.15, 0.2) is 35.3 Å². The first-order valence-electron chi connectivity index (χ1n) is 10.2. The van der Waals surface area contributed by atoms with Crippen LogP contribution in [0.5, 0.6) is 5.75 Å². The van der Waals surface area contributed by atoms with Gasteiger partial charge < -0.3 is 10.1 Å². The number of benzene rings is 1. The molecular formula is C22H26Cl2N6O. The summed E-state index contributed by atoms with van der Waals surface area (Å²) in [6, 6.07) is 8.90. The predicted octanol–water partition coefficient (Wildman–Crippen LogP) is 4.95. The van der Waals surface area contributed by atoms with Gasteiger partial charge in [0.1, 0.15) is 17.7 Å². The standard InChI is InChI=1S/C22H26Cl2N6O/c1-4-30-9-5-6-17(13-30)31-18-10-15(2)27-21(12-18)29(3)22(26-14-25)28-16-7-8-19(23)20(24)11-16/h7-8,10-12,17H,4-6,9,13H2,1-3H3,(H,26,28). The minimum absolute atomic E-state index is 0.148. The number of likely N-dealkylation sites (tertiary alicyclic amines) is 1. The van der Waals surface area contributed by atoms with Crippen LogP contribution < -0.4 is 15.0 Å². The number of nitrogens with one attached hydrogen (secondary N) is 1. The molecular weight excluding hydrogens is 435 g/mol. The Morgan fingerprint density at radius 2 is 2.16 bits per heavy atom. The molecule has 1 aromatic heterocycles. The van der Waals surface area contributed by atoms with Gasteiger partial charge in [0.05, 0.1) is 10.0 Å². The van der Waals surface area contributed by atoms with Crippen LogP contribution in [-0.2, 0) is 0 Å². The Morgan fingerprint density at radius 1 is 1.35 bits per heavy atom. The Labute approximate surface area is 193 Å². The average Bonchev–Trinajstić information content (AvgIpc) is 2.75. The number of guanidine groups is 1. The molecule has 1 unspecified atom stereocenters. The van der Waals surface area contributed by atoms with Crippen LogP contribution in [0, 0.1) is 18.4 Å². The highest BCUT2D eigenvalue weighted by molar-refractivity contribution is 6.42. The average molecular weight is 461 g/mol. The topological polar surface area (TPSA) is 76.8 Å². The number of ether oxygens (including phenoxy) is 1. The Bertz CT molecular complexity index is 990. The summed E-state index contributed by atoms with van der Waals surface area (Å²) in [6.07, 6.45) is 4.14. The van der Waals surface area contributed by atoms with Crippen molar-refractivity contribution < 1.29 is 4.74 Å². The number of hydrogen-bond acceptors (Lipinski definition) is 5. The minimum Gasteiger partial charge on any atom is -0.489 e. The molecule has 0 radical (unpaired) electrons. The van der Waals surface area contributed by atoms with Crippen molar-refractivity contribution in [1.82, 2.24) is 9.88 Å². The van der Waals surface area contributed by atoms with E-state index in [2.05, 4.69) is 27.1 Å². The van der Waals surface area contributed by atoms with Crippen LogP contribution in [0.4, 0.5) is 11.5 Å². The normalized spacial score (nSPS) is 17.2. The van der Waals surface area contributed by atoms with E-state index in [-0.39, 0.29) is 6.10 Å². The molecule has 1 aromatic carbocycles. The molecule has 0 aliphatic carbocycles. The maximum Gasteiger partial charge on any atom is 0.219 e. The van der Waals surface area contributed by atoms with E-state index in [4.69, 9.17) is 27.9 Å². The number of aliphatic imine (C=N–C) groups is 1. The lowest BCUT2D eigenvalue weighted by Gasteiger charge is -2.32. The first kappa shape index (κ1) is 23.1. The maximum absolute atomic E-state index is 9.18. The van der Waals surface area contributed by atoms with E-state index >= 15 is 0 Å². The van der Waals surface area contributed by atoms with Gasteiger partial charge in [0, 0.05) is 37.1 Å². The number of aromatic nitrogens is 1. The minimum atomic E-state index is 0.148. The summed E-state index contributed by atoms with van der Waals surface area (Å²) >= 11 is 12.1. The molecule has 2 aromatic rings. The van der Waals surface area contributed by atoms with Crippen LogP contribution in [0.3, 0.4) is 0 Å². The third-order valence-electron chi connectivity index (χ3n) is 5.12. The number of aryl methyl sites for hydroxylation is 1. The highest BCUT2D eigenvalue weighted by atomic mass is 35.5. The Balaban J connectivity index is 1.80. The summed E-state index contributed by atoms with van der Waals surface area (Å²) in [5, 5.41) is 13.1. The zero-order chi connectivity index (χ0) is 22.4. The molecule has 0 spiro atoms. The molecule has 1 aliphatic rings. The van der Waals surface area contributed by atoms with Gasteiger partial charge in [-0.25, -0.2) is 4.98 Å². The predicted molar refractivity (Wildman–Crippen MR) is 126 cm³/mol. The number of rotatable bonds is 5. The van der Waals surface area contributed by atoms with E-state index in [0.29, 0.717) is 27.5 Å². The first-order chi connectivity index (χ1) is 14.9.